The van der Waals surface area contributed by atoms with Gasteiger partial charge in [0.1, 0.15) is 16.2 Å². The molecule has 3 rings (SSSR count). The number of methoxy groups -OCH3 is 1. The molecule has 0 unspecified atom stereocenters. The molecular weight excluding hydrogens is 414 g/mol. The smallest absolute Gasteiger partial charge is 0.337 e. The van der Waals surface area contributed by atoms with E-state index in [1.807, 2.05) is 38.1 Å². The number of esters is 1. The summed E-state index contributed by atoms with van der Waals surface area (Å²) in [5.74, 6) is 0.0371. The quantitative estimate of drug-likeness (QED) is 0.673. The van der Waals surface area contributed by atoms with Crippen LogP contribution in [0.4, 0.5) is 0 Å². The number of para-hydroxylation sites is 1. The van der Waals surface area contributed by atoms with Gasteiger partial charge in [0.05, 0.1) is 23.7 Å². The zero-order valence-electron chi connectivity index (χ0n) is 16.6. The van der Waals surface area contributed by atoms with Gasteiger partial charge in [-0.15, -0.1) is 0 Å². The number of hydrogen-bond donors (Lipinski definition) is 1. The maximum absolute atomic E-state index is 13.2. The molecule has 6 nitrogen and oxygen atoms in total. The van der Waals surface area contributed by atoms with E-state index in [4.69, 9.17) is 16.3 Å². The molecule has 1 atom stereocenters. The van der Waals surface area contributed by atoms with Crippen LogP contribution in [0, 0.1) is 0 Å². The van der Waals surface area contributed by atoms with Crippen LogP contribution < -0.4 is 9.46 Å². The van der Waals surface area contributed by atoms with Gasteiger partial charge in [-0.3, -0.25) is 0 Å². The number of nitrogens with one attached hydrogen (secondary N) is 1. The van der Waals surface area contributed by atoms with Crippen LogP contribution in [-0.4, -0.2) is 27.1 Å². The Morgan fingerprint density at radius 1 is 1.24 bits per heavy atom. The minimum atomic E-state index is -4.01. The van der Waals surface area contributed by atoms with E-state index in [-0.39, 0.29) is 15.5 Å². The van der Waals surface area contributed by atoms with Gasteiger partial charge in [0.15, 0.2) is 0 Å². The van der Waals surface area contributed by atoms with E-state index >= 15 is 0 Å². The van der Waals surface area contributed by atoms with Crippen molar-refractivity contribution in [3.63, 3.8) is 0 Å². The molecule has 0 aliphatic carbocycles. The maximum Gasteiger partial charge on any atom is 0.337 e. The normalized spacial score (nSPS) is 17.9. The molecule has 2 aromatic carbocycles. The highest BCUT2D eigenvalue weighted by Gasteiger charge is 2.40. The topological polar surface area (TPSA) is 81.7 Å². The molecule has 0 amide bonds. The SMILES string of the molecule is CCC1(CC)C[C@@H](NS(=O)(=O)c2cc(C(=O)OC)ccc2Cl)c2ccccc2O1. The number of rotatable bonds is 6. The molecule has 1 aliphatic heterocycles. The Morgan fingerprint density at radius 3 is 2.59 bits per heavy atom. The third-order valence-corrected chi connectivity index (χ3v) is 7.38. The third-order valence-electron chi connectivity index (χ3n) is 5.42. The number of halogens is 1. The molecule has 29 heavy (non-hydrogen) atoms. The van der Waals surface area contributed by atoms with Crippen molar-refractivity contribution >= 4 is 27.6 Å². The van der Waals surface area contributed by atoms with Gasteiger partial charge in [0.2, 0.25) is 10.0 Å². The van der Waals surface area contributed by atoms with Gasteiger partial charge < -0.3 is 9.47 Å². The van der Waals surface area contributed by atoms with Gasteiger partial charge in [-0.05, 0) is 37.1 Å². The van der Waals surface area contributed by atoms with Crippen LogP contribution in [0.1, 0.15) is 55.1 Å². The summed E-state index contributed by atoms with van der Waals surface area (Å²) in [6.45, 7) is 4.05. The van der Waals surface area contributed by atoms with E-state index in [1.165, 1.54) is 25.3 Å². The second kappa shape index (κ2) is 8.34. The Morgan fingerprint density at radius 2 is 1.93 bits per heavy atom. The molecule has 1 N–H and O–H groups in total. The van der Waals surface area contributed by atoms with Gasteiger partial charge in [-0.25, -0.2) is 17.9 Å². The van der Waals surface area contributed by atoms with Gasteiger partial charge in [0.25, 0.3) is 0 Å². The number of ether oxygens (including phenoxy) is 2. The predicted octanol–water partition coefficient (Wildman–Crippen LogP) is 4.49. The van der Waals surface area contributed by atoms with Crippen molar-refractivity contribution in [2.24, 2.45) is 0 Å². The molecular formula is C21H24ClNO5S. The number of hydrogen-bond acceptors (Lipinski definition) is 5. The van der Waals surface area contributed by atoms with Gasteiger partial charge in [0, 0.05) is 12.0 Å². The Hall–Kier alpha value is -2.09. The standard InChI is InChI=1S/C21H24ClNO5S/c1-4-21(5-2)13-17(15-8-6-7-9-18(15)28-21)23-29(25,26)19-12-14(20(24)27-3)10-11-16(19)22/h6-12,17,23H,4-5,13H2,1-3H3/t17-/m1/s1. The summed E-state index contributed by atoms with van der Waals surface area (Å²) in [5.41, 5.74) is 0.425. The lowest BCUT2D eigenvalue weighted by Crippen LogP contribution is -2.44. The zero-order chi connectivity index (χ0) is 21.2. The van der Waals surface area contributed by atoms with E-state index in [1.54, 1.807) is 0 Å². The molecule has 0 fully saturated rings. The highest BCUT2D eigenvalue weighted by atomic mass is 35.5. The molecule has 0 bridgehead atoms. The highest BCUT2D eigenvalue weighted by molar-refractivity contribution is 7.89. The molecule has 0 saturated heterocycles. The zero-order valence-corrected chi connectivity index (χ0v) is 18.1. The maximum atomic E-state index is 13.2. The number of benzene rings is 2. The summed E-state index contributed by atoms with van der Waals surface area (Å²) in [6, 6.07) is 11.0. The fourth-order valence-electron chi connectivity index (χ4n) is 3.61. The van der Waals surface area contributed by atoms with Crippen LogP contribution in [0.15, 0.2) is 47.4 Å². The van der Waals surface area contributed by atoms with Gasteiger partial charge >= 0.3 is 5.97 Å². The van der Waals surface area contributed by atoms with Crippen molar-refractivity contribution in [3.05, 3.63) is 58.6 Å². The Balaban J connectivity index is 2.01. The monoisotopic (exact) mass is 437 g/mol. The van der Waals surface area contributed by atoms with E-state index < -0.39 is 27.6 Å². The van der Waals surface area contributed by atoms with Crippen LogP contribution in [0.25, 0.3) is 0 Å². The van der Waals surface area contributed by atoms with E-state index in [0.29, 0.717) is 12.2 Å². The summed E-state index contributed by atoms with van der Waals surface area (Å²) in [7, 11) is -2.78. The lowest BCUT2D eigenvalue weighted by atomic mass is 9.84. The van der Waals surface area contributed by atoms with Gasteiger partial charge in [-0.1, -0.05) is 43.6 Å². The average Bonchev–Trinajstić information content (AvgIpc) is 2.72. The summed E-state index contributed by atoms with van der Waals surface area (Å²) in [6.07, 6.45) is 1.98. The van der Waals surface area contributed by atoms with E-state index in [0.717, 1.165) is 18.4 Å². The number of carbonyl (C=O) groups is 1. The first-order valence-corrected chi connectivity index (χ1v) is 11.3. The minimum absolute atomic E-state index is 0.0303. The molecule has 8 heteroatoms. The number of sulfonamides is 1. The average molecular weight is 438 g/mol. The van der Waals surface area contributed by atoms with Crippen LogP contribution in [0.3, 0.4) is 0 Å². The van der Waals surface area contributed by atoms with Crippen LogP contribution in [-0.2, 0) is 14.8 Å². The first-order valence-electron chi connectivity index (χ1n) is 9.43. The van der Waals surface area contributed by atoms with Crippen LogP contribution in [0.2, 0.25) is 5.02 Å². The third kappa shape index (κ3) is 4.27. The largest absolute Gasteiger partial charge is 0.487 e. The van der Waals surface area contributed by atoms with Crippen molar-refractivity contribution < 1.29 is 22.7 Å². The summed E-state index contributed by atoms with van der Waals surface area (Å²) >= 11 is 6.16. The Kier molecular flexibility index (Phi) is 6.22. The molecule has 1 aliphatic rings. The summed E-state index contributed by atoms with van der Waals surface area (Å²) in [4.78, 5) is 11.7. The predicted molar refractivity (Wildman–Crippen MR) is 111 cm³/mol. The van der Waals surface area contributed by atoms with Crippen molar-refractivity contribution in [3.8, 4) is 5.75 Å². The minimum Gasteiger partial charge on any atom is -0.487 e. The molecule has 2 aromatic rings. The first kappa shape index (κ1) is 21.6. The van der Waals surface area contributed by atoms with Crippen molar-refractivity contribution in [2.45, 2.75) is 49.6 Å². The summed E-state index contributed by atoms with van der Waals surface area (Å²) < 4.78 is 40.1. The van der Waals surface area contributed by atoms with Crippen LogP contribution >= 0.6 is 11.6 Å². The molecule has 0 spiro atoms. The van der Waals surface area contributed by atoms with Crippen LogP contribution in [0.5, 0.6) is 5.75 Å². The molecule has 0 aromatic heterocycles. The second-order valence-electron chi connectivity index (χ2n) is 7.04. The van der Waals surface area contributed by atoms with Crippen molar-refractivity contribution in [2.75, 3.05) is 7.11 Å². The van der Waals surface area contributed by atoms with Crippen molar-refractivity contribution in [1.29, 1.82) is 0 Å². The Labute approximate surface area is 176 Å². The molecule has 1 heterocycles. The molecule has 0 saturated carbocycles. The Bertz CT molecular complexity index is 1020. The highest BCUT2D eigenvalue weighted by Crippen LogP contribution is 2.43. The summed E-state index contributed by atoms with van der Waals surface area (Å²) in [5, 5.41) is 0.0303. The van der Waals surface area contributed by atoms with Crippen molar-refractivity contribution in [1.82, 2.24) is 4.72 Å². The lowest BCUT2D eigenvalue weighted by molar-refractivity contribution is 0.0260. The molecule has 0 radical (unpaired) electrons. The second-order valence-corrected chi connectivity index (χ2v) is 9.13. The lowest BCUT2D eigenvalue weighted by Gasteiger charge is -2.41. The number of carbonyl (C=O) groups excluding carboxylic acids is 1. The number of fused-ring (bicyclic) bond motifs is 1. The fraction of sp³-hybridized carbons (Fsp3) is 0.381. The molecule has 156 valence electrons. The van der Waals surface area contributed by atoms with Gasteiger partial charge in [-0.2, -0.15) is 0 Å². The van der Waals surface area contributed by atoms with E-state index in [9.17, 15) is 13.2 Å². The van der Waals surface area contributed by atoms with E-state index in [2.05, 4.69) is 9.46 Å². The first-order chi connectivity index (χ1) is 13.7. The fourth-order valence-corrected chi connectivity index (χ4v) is 5.35.